The van der Waals surface area contributed by atoms with Crippen molar-refractivity contribution in [1.82, 2.24) is 4.57 Å². The predicted molar refractivity (Wildman–Crippen MR) is 118 cm³/mol. The Labute approximate surface area is 183 Å². The van der Waals surface area contributed by atoms with E-state index in [9.17, 15) is 14.3 Å². The third kappa shape index (κ3) is 4.15. The van der Waals surface area contributed by atoms with Gasteiger partial charge >= 0.3 is 5.97 Å². The van der Waals surface area contributed by atoms with Gasteiger partial charge in [0.2, 0.25) is 0 Å². The van der Waals surface area contributed by atoms with Crippen LogP contribution in [0.2, 0.25) is 0 Å². The number of carboxylic acids is 1. The number of carboxylic acid groups (broad SMARTS) is 1. The number of halogens is 2. The number of benzene rings is 2. The van der Waals surface area contributed by atoms with Crippen LogP contribution in [-0.4, -0.2) is 22.2 Å². The van der Waals surface area contributed by atoms with Crippen LogP contribution in [0.3, 0.4) is 0 Å². The van der Waals surface area contributed by atoms with E-state index in [1.165, 1.54) is 37.8 Å². The molecule has 2 aromatic carbocycles. The molecule has 1 aliphatic rings. The molecule has 0 bridgehead atoms. The molecule has 1 aromatic heterocycles. The lowest BCUT2D eigenvalue weighted by Gasteiger charge is -2.18. The molecule has 4 nitrogen and oxygen atoms in total. The summed E-state index contributed by atoms with van der Waals surface area (Å²) in [6.07, 6.45) is 4.93. The first-order valence-corrected chi connectivity index (χ1v) is 10.9. The fraction of sp³-hybridized carbons (Fsp3) is 0.292. The van der Waals surface area contributed by atoms with E-state index in [1.54, 1.807) is 6.07 Å². The van der Waals surface area contributed by atoms with Crippen molar-refractivity contribution in [3.05, 3.63) is 70.1 Å². The lowest BCUT2D eigenvalue weighted by atomic mass is 10.1. The van der Waals surface area contributed by atoms with Crippen molar-refractivity contribution in [3.63, 3.8) is 0 Å². The van der Waals surface area contributed by atoms with Gasteiger partial charge in [-0.05, 0) is 74.2 Å². The molecule has 0 unspecified atom stereocenters. The fourth-order valence-corrected chi connectivity index (χ4v) is 4.48. The smallest absolute Gasteiger partial charge is 0.338 e. The first-order valence-electron chi connectivity index (χ1n) is 10.1. The largest absolute Gasteiger partial charge is 0.493 e. The van der Waals surface area contributed by atoms with Crippen molar-refractivity contribution < 1.29 is 19.0 Å². The van der Waals surface area contributed by atoms with E-state index < -0.39 is 11.8 Å². The monoisotopic (exact) mass is 471 g/mol. The molecule has 0 amide bonds. The molecule has 1 aliphatic carbocycles. The number of aromatic nitrogens is 1. The maximum Gasteiger partial charge on any atom is 0.338 e. The van der Waals surface area contributed by atoms with Crippen molar-refractivity contribution in [3.8, 4) is 22.7 Å². The van der Waals surface area contributed by atoms with Crippen LogP contribution in [0.1, 0.15) is 41.7 Å². The number of hydrogen-bond acceptors (Lipinski definition) is 2. The van der Waals surface area contributed by atoms with E-state index in [4.69, 9.17) is 4.74 Å². The number of hydrogen-bond donors (Lipinski definition) is 1. The highest BCUT2D eigenvalue weighted by Crippen LogP contribution is 2.37. The lowest BCUT2D eigenvalue weighted by molar-refractivity contribution is 0.0692. The van der Waals surface area contributed by atoms with Gasteiger partial charge in [0.1, 0.15) is 11.6 Å². The number of nitrogens with zero attached hydrogens (tertiary/aromatic N) is 1. The highest BCUT2D eigenvalue weighted by molar-refractivity contribution is 9.10. The predicted octanol–water partition coefficient (Wildman–Crippen LogP) is 6.62. The summed E-state index contributed by atoms with van der Waals surface area (Å²) < 4.78 is 23.0. The molecule has 0 radical (unpaired) electrons. The van der Waals surface area contributed by atoms with E-state index in [0.717, 1.165) is 27.2 Å². The van der Waals surface area contributed by atoms with Crippen LogP contribution in [0.4, 0.5) is 4.39 Å². The van der Waals surface area contributed by atoms with Gasteiger partial charge in [-0.1, -0.05) is 28.8 Å². The van der Waals surface area contributed by atoms with Crippen LogP contribution >= 0.6 is 15.9 Å². The second-order valence-corrected chi connectivity index (χ2v) is 8.68. The molecule has 156 valence electrons. The van der Waals surface area contributed by atoms with E-state index in [-0.39, 0.29) is 5.56 Å². The van der Waals surface area contributed by atoms with E-state index in [2.05, 4.69) is 15.9 Å². The fourth-order valence-electron chi connectivity index (χ4n) is 4.12. The minimum Gasteiger partial charge on any atom is -0.493 e. The summed E-state index contributed by atoms with van der Waals surface area (Å²) >= 11 is 3.55. The van der Waals surface area contributed by atoms with Gasteiger partial charge in [0.15, 0.2) is 0 Å². The zero-order chi connectivity index (χ0) is 21.3. The molecule has 1 heterocycles. The highest BCUT2D eigenvalue weighted by Gasteiger charge is 2.20. The molecular formula is C24H23BrFNO3. The molecule has 6 heteroatoms. The van der Waals surface area contributed by atoms with Gasteiger partial charge in [-0.3, -0.25) is 0 Å². The molecule has 1 N–H and O–H groups in total. The first kappa shape index (κ1) is 20.7. The Morgan fingerprint density at radius 1 is 1.17 bits per heavy atom. The number of aryl methyl sites for hydroxylation is 1. The summed E-state index contributed by atoms with van der Waals surface area (Å²) in [5.74, 6) is -0.667. The maximum absolute atomic E-state index is 13.9. The van der Waals surface area contributed by atoms with Crippen LogP contribution in [-0.2, 0) is 0 Å². The zero-order valence-electron chi connectivity index (χ0n) is 16.7. The molecular weight excluding hydrogens is 449 g/mol. The van der Waals surface area contributed by atoms with Crippen molar-refractivity contribution in [2.24, 2.45) is 5.92 Å². The maximum atomic E-state index is 13.9. The van der Waals surface area contributed by atoms with Crippen molar-refractivity contribution in [2.45, 2.75) is 32.6 Å². The third-order valence-corrected chi connectivity index (χ3v) is 6.17. The van der Waals surface area contributed by atoms with E-state index in [1.807, 2.05) is 41.8 Å². The standard InChI is InChI=1S/C24H23BrFNO3/c1-15-6-10-22(27(15)18-8-9-21(26)19(13-18)24(28)29)20-12-17(25)7-11-23(20)30-14-16-4-2-3-5-16/h6-13,16H,2-5,14H2,1H3,(H,28,29). The van der Waals surface area contributed by atoms with Gasteiger partial charge in [-0.15, -0.1) is 0 Å². The van der Waals surface area contributed by atoms with Gasteiger partial charge in [-0.25, -0.2) is 9.18 Å². The molecule has 1 fully saturated rings. The number of aromatic carboxylic acids is 1. The van der Waals surface area contributed by atoms with Crippen molar-refractivity contribution in [2.75, 3.05) is 6.61 Å². The number of carbonyl (C=O) groups is 1. The highest BCUT2D eigenvalue weighted by atomic mass is 79.9. The van der Waals surface area contributed by atoms with Crippen LogP contribution in [0.5, 0.6) is 5.75 Å². The van der Waals surface area contributed by atoms with Gasteiger partial charge in [0, 0.05) is 21.4 Å². The molecule has 4 rings (SSSR count). The van der Waals surface area contributed by atoms with Gasteiger partial charge < -0.3 is 14.4 Å². The molecule has 0 spiro atoms. The summed E-state index contributed by atoms with van der Waals surface area (Å²) in [4.78, 5) is 11.4. The quantitative estimate of drug-likeness (QED) is 0.439. The summed E-state index contributed by atoms with van der Waals surface area (Å²) in [5.41, 5.74) is 2.91. The summed E-state index contributed by atoms with van der Waals surface area (Å²) in [7, 11) is 0. The van der Waals surface area contributed by atoms with Gasteiger partial charge in [-0.2, -0.15) is 0 Å². The van der Waals surface area contributed by atoms with Crippen LogP contribution in [0, 0.1) is 18.7 Å². The molecule has 30 heavy (non-hydrogen) atoms. The second kappa shape index (κ2) is 8.64. The Bertz CT molecular complexity index is 1090. The van der Waals surface area contributed by atoms with Crippen molar-refractivity contribution >= 4 is 21.9 Å². The average Bonchev–Trinajstić information content (AvgIpc) is 3.37. The number of rotatable bonds is 6. The minimum atomic E-state index is -1.29. The Morgan fingerprint density at radius 3 is 2.67 bits per heavy atom. The molecule has 1 saturated carbocycles. The number of ether oxygens (including phenoxy) is 1. The Hall–Kier alpha value is -2.60. The van der Waals surface area contributed by atoms with E-state index in [0.29, 0.717) is 18.2 Å². The minimum absolute atomic E-state index is 0.349. The Morgan fingerprint density at radius 2 is 1.93 bits per heavy atom. The molecule has 0 atom stereocenters. The van der Waals surface area contributed by atoms with Crippen LogP contribution in [0.15, 0.2) is 53.0 Å². The third-order valence-electron chi connectivity index (χ3n) is 5.68. The van der Waals surface area contributed by atoms with Gasteiger partial charge in [0.25, 0.3) is 0 Å². The summed E-state index contributed by atoms with van der Waals surface area (Å²) in [6.45, 7) is 2.62. The topological polar surface area (TPSA) is 51.5 Å². The van der Waals surface area contributed by atoms with E-state index >= 15 is 0 Å². The average molecular weight is 472 g/mol. The summed E-state index contributed by atoms with van der Waals surface area (Å²) in [6, 6.07) is 14.0. The Balaban J connectivity index is 1.76. The molecule has 0 saturated heterocycles. The SMILES string of the molecule is Cc1ccc(-c2cc(Br)ccc2OCC2CCCC2)n1-c1ccc(F)c(C(=O)O)c1. The lowest BCUT2D eigenvalue weighted by Crippen LogP contribution is -2.09. The Kier molecular flexibility index (Phi) is 5.95. The second-order valence-electron chi connectivity index (χ2n) is 7.77. The van der Waals surface area contributed by atoms with Crippen LogP contribution < -0.4 is 4.74 Å². The first-order chi connectivity index (χ1) is 14.4. The van der Waals surface area contributed by atoms with Crippen LogP contribution in [0.25, 0.3) is 16.9 Å². The molecule has 3 aromatic rings. The van der Waals surface area contributed by atoms with Crippen molar-refractivity contribution in [1.29, 1.82) is 0 Å². The summed E-state index contributed by atoms with van der Waals surface area (Å²) in [5, 5.41) is 9.32. The zero-order valence-corrected chi connectivity index (χ0v) is 18.3. The van der Waals surface area contributed by atoms with Gasteiger partial charge in [0.05, 0.1) is 17.9 Å². The molecule has 0 aliphatic heterocycles. The normalized spacial score (nSPS) is 14.2.